The molecule has 9 heteroatoms. The zero-order valence-electron chi connectivity index (χ0n) is 10.6. The molecule has 2 rings (SSSR count). The molecule has 3 unspecified atom stereocenters. The topological polar surface area (TPSA) is 130 Å². The van der Waals surface area contributed by atoms with Gasteiger partial charge in [0.2, 0.25) is 0 Å². The van der Waals surface area contributed by atoms with Crippen LogP contribution in [0.1, 0.15) is 11.9 Å². The van der Waals surface area contributed by atoms with Gasteiger partial charge in [-0.15, -0.1) is 0 Å². The number of aliphatic hydroxyl groups excluding tert-OH is 5. The summed E-state index contributed by atoms with van der Waals surface area (Å²) in [6.07, 6.45) is -6.64. The van der Waals surface area contributed by atoms with Crippen molar-refractivity contribution in [3.63, 3.8) is 0 Å². The first-order valence-corrected chi connectivity index (χ1v) is 6.78. The van der Waals surface area contributed by atoms with Crippen molar-refractivity contribution in [1.82, 2.24) is 9.97 Å². The summed E-state index contributed by atoms with van der Waals surface area (Å²) in [5.74, 6) is -0.0278. The number of nitrogens with zero attached hydrogens (tertiary/aromatic N) is 1. The maximum atomic E-state index is 9.98. The van der Waals surface area contributed by atoms with Crippen LogP contribution in [-0.4, -0.2) is 60.4 Å². The first-order chi connectivity index (χ1) is 9.85. The lowest BCUT2D eigenvalue weighted by Gasteiger charge is -2.24. The molecule has 7 nitrogen and oxygen atoms in total. The molecule has 0 saturated carbocycles. The highest BCUT2D eigenvalue weighted by Gasteiger charge is 2.32. The van der Waals surface area contributed by atoms with Crippen LogP contribution in [0.4, 0.5) is 0 Å². The highest BCUT2D eigenvalue weighted by atomic mass is 35.5. The number of imidazole rings is 1. The summed E-state index contributed by atoms with van der Waals surface area (Å²) in [5, 5.41) is 47.9. The number of aliphatic hydroxyl groups is 5. The second-order valence-electron chi connectivity index (χ2n) is 4.58. The number of fused-ring (bicyclic) bond motifs is 1. The maximum absolute atomic E-state index is 9.98. The van der Waals surface area contributed by atoms with E-state index in [1.54, 1.807) is 0 Å². The van der Waals surface area contributed by atoms with Crippen LogP contribution in [0.3, 0.4) is 0 Å². The Balaban J connectivity index is 2.28. The van der Waals surface area contributed by atoms with Crippen molar-refractivity contribution >= 4 is 34.2 Å². The number of nitrogens with one attached hydrogen (secondary N) is 1. The van der Waals surface area contributed by atoms with E-state index in [2.05, 4.69) is 9.97 Å². The van der Waals surface area contributed by atoms with Crippen LogP contribution in [0.25, 0.3) is 11.0 Å². The van der Waals surface area contributed by atoms with Crippen LogP contribution >= 0.6 is 23.2 Å². The second kappa shape index (κ2) is 6.45. The van der Waals surface area contributed by atoms with Gasteiger partial charge in [-0.1, -0.05) is 23.2 Å². The van der Waals surface area contributed by atoms with Crippen LogP contribution < -0.4 is 0 Å². The number of hydrogen-bond acceptors (Lipinski definition) is 6. The molecular formula is C12H14Cl2N2O5. The van der Waals surface area contributed by atoms with E-state index in [9.17, 15) is 20.4 Å². The third kappa shape index (κ3) is 3.29. The van der Waals surface area contributed by atoms with E-state index in [1.165, 1.54) is 12.1 Å². The van der Waals surface area contributed by atoms with Gasteiger partial charge in [0, 0.05) is 0 Å². The molecule has 0 aliphatic heterocycles. The third-order valence-electron chi connectivity index (χ3n) is 3.08. The summed E-state index contributed by atoms with van der Waals surface area (Å²) in [6, 6.07) is 2.99. The zero-order valence-corrected chi connectivity index (χ0v) is 12.1. The Labute approximate surface area is 129 Å². The van der Waals surface area contributed by atoms with Crippen molar-refractivity contribution in [3.05, 3.63) is 28.0 Å². The predicted molar refractivity (Wildman–Crippen MR) is 76.2 cm³/mol. The largest absolute Gasteiger partial charge is 0.394 e. The Hall–Kier alpha value is -0.930. The van der Waals surface area contributed by atoms with Gasteiger partial charge in [-0.05, 0) is 12.1 Å². The van der Waals surface area contributed by atoms with Crippen LogP contribution in [-0.2, 0) is 0 Å². The lowest BCUT2D eigenvalue weighted by atomic mass is 10.0. The number of H-pyrrole nitrogens is 1. The number of benzene rings is 1. The van der Waals surface area contributed by atoms with Crippen molar-refractivity contribution in [2.75, 3.05) is 6.61 Å². The van der Waals surface area contributed by atoms with Crippen LogP contribution in [0.15, 0.2) is 12.1 Å². The van der Waals surface area contributed by atoms with E-state index in [0.29, 0.717) is 16.1 Å². The summed E-state index contributed by atoms with van der Waals surface area (Å²) in [4.78, 5) is 6.78. The average molecular weight is 337 g/mol. The van der Waals surface area contributed by atoms with E-state index in [-0.39, 0.29) is 10.8 Å². The fourth-order valence-corrected chi connectivity index (χ4v) is 2.17. The molecular weight excluding hydrogens is 323 g/mol. The van der Waals surface area contributed by atoms with Crippen LogP contribution in [0, 0.1) is 0 Å². The first kappa shape index (κ1) is 16.4. The minimum atomic E-state index is -1.74. The van der Waals surface area contributed by atoms with Gasteiger partial charge in [-0.3, -0.25) is 0 Å². The summed E-state index contributed by atoms with van der Waals surface area (Å²) in [6.45, 7) is -0.754. The number of aromatic nitrogens is 2. The van der Waals surface area contributed by atoms with Gasteiger partial charge in [0.15, 0.2) is 0 Å². The molecule has 0 saturated heterocycles. The van der Waals surface area contributed by atoms with Crippen molar-refractivity contribution in [2.24, 2.45) is 0 Å². The number of rotatable bonds is 5. The Kier molecular flexibility index (Phi) is 5.05. The fourth-order valence-electron chi connectivity index (χ4n) is 1.85. The van der Waals surface area contributed by atoms with Gasteiger partial charge in [0.05, 0.1) is 27.7 Å². The minimum absolute atomic E-state index is 0.0278. The van der Waals surface area contributed by atoms with Crippen molar-refractivity contribution in [2.45, 2.75) is 24.4 Å². The zero-order chi connectivity index (χ0) is 15.7. The Morgan fingerprint density at radius 3 is 2.29 bits per heavy atom. The fraction of sp³-hybridized carbons (Fsp3) is 0.417. The molecule has 116 valence electrons. The predicted octanol–water partition coefficient (Wildman–Crippen LogP) is -0.0219. The molecule has 2 aromatic rings. The standard InChI is InChI=1S/C12H14Cl2N2O5/c13-4-1-6-7(2-5(4)14)16-12(15-6)11(21)10(20)9(19)8(18)3-17/h1-2,8-11,17-21H,3H2,(H,15,16)/t8?,9-,10?,11?/m1/s1. The molecule has 1 aromatic heterocycles. The third-order valence-corrected chi connectivity index (χ3v) is 3.80. The van der Waals surface area contributed by atoms with Gasteiger partial charge >= 0.3 is 0 Å². The average Bonchev–Trinajstić information content (AvgIpc) is 2.87. The maximum Gasteiger partial charge on any atom is 0.140 e. The second-order valence-corrected chi connectivity index (χ2v) is 5.40. The van der Waals surface area contributed by atoms with Gasteiger partial charge in [-0.25, -0.2) is 4.98 Å². The molecule has 1 heterocycles. The summed E-state index contributed by atoms with van der Waals surface area (Å²) in [7, 11) is 0. The summed E-state index contributed by atoms with van der Waals surface area (Å²) < 4.78 is 0. The molecule has 21 heavy (non-hydrogen) atoms. The Morgan fingerprint density at radius 1 is 1.05 bits per heavy atom. The van der Waals surface area contributed by atoms with Crippen molar-refractivity contribution in [3.8, 4) is 0 Å². The molecule has 6 N–H and O–H groups in total. The summed E-state index contributed by atoms with van der Waals surface area (Å²) >= 11 is 11.7. The SMILES string of the molecule is OCC(O)[C@@H](O)C(O)C(O)c1nc2cc(Cl)c(Cl)cc2[nH]1. The number of hydrogen-bond donors (Lipinski definition) is 6. The quantitative estimate of drug-likeness (QED) is 0.455. The molecule has 0 amide bonds. The number of aromatic amines is 1. The molecule has 0 spiro atoms. The first-order valence-electron chi connectivity index (χ1n) is 6.03. The number of halogens is 2. The molecule has 0 aliphatic rings. The van der Waals surface area contributed by atoms with Gasteiger partial charge in [-0.2, -0.15) is 0 Å². The van der Waals surface area contributed by atoms with E-state index in [4.69, 9.17) is 28.3 Å². The highest BCUT2D eigenvalue weighted by molar-refractivity contribution is 6.42. The summed E-state index contributed by atoms with van der Waals surface area (Å²) in [5.41, 5.74) is 0.908. The van der Waals surface area contributed by atoms with E-state index in [1.807, 2.05) is 0 Å². The Bertz CT molecular complexity index is 596. The van der Waals surface area contributed by atoms with Crippen molar-refractivity contribution in [1.29, 1.82) is 0 Å². The molecule has 0 bridgehead atoms. The monoisotopic (exact) mass is 336 g/mol. The lowest BCUT2D eigenvalue weighted by molar-refractivity contribution is -0.117. The van der Waals surface area contributed by atoms with Crippen LogP contribution in [0.5, 0.6) is 0 Å². The molecule has 0 aliphatic carbocycles. The van der Waals surface area contributed by atoms with Crippen LogP contribution in [0.2, 0.25) is 10.0 Å². The lowest BCUT2D eigenvalue weighted by Crippen LogP contribution is -2.42. The van der Waals surface area contributed by atoms with Gasteiger partial charge in [0.1, 0.15) is 30.2 Å². The van der Waals surface area contributed by atoms with Gasteiger partial charge < -0.3 is 30.5 Å². The smallest absolute Gasteiger partial charge is 0.140 e. The molecule has 1 aromatic carbocycles. The normalized spacial score (nSPS) is 17.7. The van der Waals surface area contributed by atoms with E-state index >= 15 is 0 Å². The van der Waals surface area contributed by atoms with Gasteiger partial charge in [0.25, 0.3) is 0 Å². The Morgan fingerprint density at radius 2 is 1.67 bits per heavy atom. The van der Waals surface area contributed by atoms with E-state index < -0.39 is 31.0 Å². The minimum Gasteiger partial charge on any atom is -0.394 e. The molecule has 4 atom stereocenters. The molecule has 0 radical (unpaired) electrons. The van der Waals surface area contributed by atoms with Crippen molar-refractivity contribution < 1.29 is 25.5 Å². The van der Waals surface area contributed by atoms with E-state index in [0.717, 1.165) is 0 Å². The highest BCUT2D eigenvalue weighted by Crippen LogP contribution is 2.28. The molecule has 0 fully saturated rings.